The fourth-order valence-corrected chi connectivity index (χ4v) is 5.75. The van der Waals surface area contributed by atoms with E-state index in [-0.39, 0.29) is 17.0 Å². The first-order valence-electron chi connectivity index (χ1n) is 12.7. The van der Waals surface area contributed by atoms with Gasteiger partial charge in [-0.3, -0.25) is 4.79 Å². The van der Waals surface area contributed by atoms with Gasteiger partial charge in [-0.15, -0.1) is 0 Å². The van der Waals surface area contributed by atoms with Gasteiger partial charge in [-0.2, -0.15) is 0 Å². The van der Waals surface area contributed by atoms with E-state index in [4.69, 9.17) is 9.39 Å². The Balaban J connectivity index is 1.42. The molecule has 6 rings (SSSR count). The molecule has 187 valence electrons. The van der Waals surface area contributed by atoms with Crippen LogP contribution < -0.4 is 25.8 Å². The van der Waals surface area contributed by atoms with E-state index >= 15 is 4.39 Å². The van der Waals surface area contributed by atoms with Gasteiger partial charge in [-0.25, -0.2) is 4.39 Å². The number of rotatable bonds is 7. The third kappa shape index (κ3) is 4.19. The number of aromatic nitrogens is 1. The summed E-state index contributed by atoms with van der Waals surface area (Å²) in [6, 6.07) is 11.1. The number of piperidine rings is 1. The zero-order valence-corrected chi connectivity index (χ0v) is 20.3. The number of aliphatic hydroxyl groups excluding tert-OH is 1. The predicted octanol–water partition coefficient (Wildman–Crippen LogP) is 2.62. The smallest absolute Gasteiger partial charge is 0.333 e. The maximum Gasteiger partial charge on any atom is 0.333 e. The van der Waals surface area contributed by atoms with Gasteiger partial charge in [-0.1, -0.05) is 35.8 Å². The van der Waals surface area contributed by atoms with Crippen LogP contribution in [-0.4, -0.2) is 49.9 Å². The van der Waals surface area contributed by atoms with Crippen LogP contribution >= 0.6 is 0 Å². The Kier molecular flexibility index (Phi) is 6.23. The standard InChI is InChI=1S/C27H30BFN3O4/c1-35-26-23-19(12-21(29)24(26)31-13-16-6-5-11-30-22(16)15-31)25(33)20(14-32(23)18-9-10-18)27(34)36-28-17-7-3-2-4-8-17/h2-4,7-8,12,14,16,18,22,27,30,34H,5-6,9-11,13,15H2,1H3/t16-,22+,27?/m0/s1. The minimum Gasteiger partial charge on any atom is -0.492 e. The van der Waals surface area contributed by atoms with Gasteiger partial charge >= 0.3 is 7.48 Å². The molecular formula is C27H30BFN3O4. The van der Waals surface area contributed by atoms with Crippen molar-refractivity contribution in [3.8, 4) is 5.75 Å². The zero-order chi connectivity index (χ0) is 24.8. The van der Waals surface area contributed by atoms with Gasteiger partial charge in [0.15, 0.2) is 23.3 Å². The van der Waals surface area contributed by atoms with Crippen molar-refractivity contribution in [2.24, 2.45) is 5.92 Å². The van der Waals surface area contributed by atoms with Crippen LogP contribution in [0.2, 0.25) is 0 Å². The first-order valence-corrected chi connectivity index (χ1v) is 12.7. The molecule has 2 saturated heterocycles. The summed E-state index contributed by atoms with van der Waals surface area (Å²) in [5.41, 5.74) is 1.37. The topological polar surface area (TPSA) is 76.0 Å². The number of methoxy groups -OCH3 is 1. The molecule has 1 aliphatic carbocycles. The highest BCUT2D eigenvalue weighted by Gasteiger charge is 2.38. The van der Waals surface area contributed by atoms with E-state index in [9.17, 15) is 9.90 Å². The number of benzene rings is 2. The van der Waals surface area contributed by atoms with Crippen molar-refractivity contribution < 1.29 is 18.9 Å². The molecule has 0 bridgehead atoms. The molecule has 2 aliphatic heterocycles. The molecule has 36 heavy (non-hydrogen) atoms. The van der Waals surface area contributed by atoms with E-state index in [2.05, 4.69) is 10.2 Å². The molecule has 0 amide bonds. The van der Waals surface area contributed by atoms with Gasteiger partial charge in [0.1, 0.15) is 5.69 Å². The first kappa shape index (κ1) is 23.5. The highest BCUT2D eigenvalue weighted by molar-refractivity contribution is 6.46. The van der Waals surface area contributed by atoms with Gasteiger partial charge in [0.25, 0.3) is 0 Å². The number of hydrogen-bond acceptors (Lipinski definition) is 6. The van der Waals surface area contributed by atoms with Gasteiger partial charge < -0.3 is 29.3 Å². The summed E-state index contributed by atoms with van der Waals surface area (Å²) < 4.78 is 29.0. The number of fused-ring (bicyclic) bond motifs is 2. The third-order valence-corrected chi connectivity index (χ3v) is 7.68. The predicted molar refractivity (Wildman–Crippen MR) is 138 cm³/mol. The summed E-state index contributed by atoms with van der Waals surface area (Å²) in [4.78, 5) is 15.6. The number of aliphatic hydroxyl groups is 1. The Morgan fingerprint density at radius 3 is 2.72 bits per heavy atom. The summed E-state index contributed by atoms with van der Waals surface area (Å²) >= 11 is 0. The average Bonchev–Trinajstić information content (AvgIpc) is 3.65. The summed E-state index contributed by atoms with van der Waals surface area (Å²) in [5, 5.41) is 14.5. The molecule has 1 unspecified atom stereocenters. The van der Waals surface area contributed by atoms with Crippen LogP contribution in [0.25, 0.3) is 10.9 Å². The van der Waals surface area contributed by atoms with Crippen molar-refractivity contribution in [2.45, 2.75) is 44.1 Å². The lowest BCUT2D eigenvalue weighted by Gasteiger charge is -2.25. The molecule has 3 atom stereocenters. The third-order valence-electron chi connectivity index (χ3n) is 7.68. The SMILES string of the molecule is COc1c(N2C[C@@H]3CCCN[C@@H]3C2)c(F)cc2c(=O)c(C(O)O[B]c3ccccc3)cn(C3CC3)c12. The van der Waals surface area contributed by atoms with Crippen molar-refractivity contribution >= 4 is 29.5 Å². The molecule has 1 radical (unpaired) electrons. The fraction of sp³-hybridized carbons (Fsp3) is 0.444. The van der Waals surface area contributed by atoms with Crippen LogP contribution in [0, 0.1) is 11.7 Å². The second-order valence-corrected chi connectivity index (χ2v) is 10.1. The average molecular weight is 490 g/mol. The van der Waals surface area contributed by atoms with Crippen LogP contribution in [0.4, 0.5) is 10.1 Å². The molecule has 1 saturated carbocycles. The zero-order valence-electron chi connectivity index (χ0n) is 20.3. The number of pyridine rings is 1. The molecule has 3 heterocycles. The van der Waals surface area contributed by atoms with E-state index in [0.717, 1.165) is 44.2 Å². The number of anilines is 1. The van der Waals surface area contributed by atoms with Crippen LogP contribution in [-0.2, 0) is 4.65 Å². The molecular weight excluding hydrogens is 460 g/mol. The Morgan fingerprint density at radius 2 is 2.00 bits per heavy atom. The van der Waals surface area contributed by atoms with E-state index in [1.807, 2.05) is 34.9 Å². The Hall–Kier alpha value is -2.88. The lowest BCUT2D eigenvalue weighted by Crippen LogP contribution is -2.40. The number of nitrogens with one attached hydrogen (secondary N) is 1. The maximum absolute atomic E-state index is 15.7. The highest BCUT2D eigenvalue weighted by atomic mass is 19.1. The normalized spacial score (nSPS) is 22.5. The number of hydrogen-bond donors (Lipinski definition) is 2. The summed E-state index contributed by atoms with van der Waals surface area (Å²) in [6.45, 7) is 2.45. The van der Waals surface area contributed by atoms with Gasteiger partial charge in [0.05, 0.1) is 23.6 Å². The van der Waals surface area contributed by atoms with Crippen molar-refractivity contribution in [1.82, 2.24) is 9.88 Å². The second kappa shape index (κ2) is 9.54. The quantitative estimate of drug-likeness (QED) is 0.392. The molecule has 9 heteroatoms. The minimum absolute atomic E-state index is 0.0761. The van der Waals surface area contributed by atoms with Crippen LogP contribution in [0.1, 0.15) is 43.6 Å². The number of halogens is 1. The largest absolute Gasteiger partial charge is 0.492 e. The van der Waals surface area contributed by atoms with Gasteiger partial charge in [-0.05, 0) is 44.2 Å². The van der Waals surface area contributed by atoms with E-state index in [0.29, 0.717) is 35.5 Å². The summed E-state index contributed by atoms with van der Waals surface area (Å²) in [7, 11) is 2.95. The molecule has 2 aromatic carbocycles. The lowest BCUT2D eigenvalue weighted by molar-refractivity contribution is -0.0171. The van der Waals surface area contributed by atoms with Crippen LogP contribution in [0.3, 0.4) is 0 Å². The lowest BCUT2D eigenvalue weighted by atomic mass is 9.88. The Labute approximate surface area is 210 Å². The molecule has 7 nitrogen and oxygen atoms in total. The first-order chi connectivity index (χ1) is 17.5. The van der Waals surface area contributed by atoms with Crippen LogP contribution in [0.15, 0.2) is 47.4 Å². The van der Waals surface area contributed by atoms with Crippen molar-refractivity contribution in [2.75, 3.05) is 31.6 Å². The Morgan fingerprint density at radius 1 is 1.19 bits per heavy atom. The number of nitrogens with zero attached hydrogens (tertiary/aromatic N) is 2. The summed E-state index contributed by atoms with van der Waals surface area (Å²) in [6.07, 6.45) is 4.31. The Bertz CT molecular complexity index is 1320. The molecule has 3 fully saturated rings. The van der Waals surface area contributed by atoms with Crippen molar-refractivity contribution in [1.29, 1.82) is 0 Å². The summed E-state index contributed by atoms with van der Waals surface area (Å²) in [5.74, 6) is 0.367. The highest BCUT2D eigenvalue weighted by Crippen LogP contribution is 2.45. The molecule has 3 aliphatic rings. The molecule has 1 aromatic heterocycles. The monoisotopic (exact) mass is 490 g/mol. The molecule has 2 N–H and O–H groups in total. The minimum atomic E-state index is -1.48. The van der Waals surface area contributed by atoms with Crippen molar-refractivity contribution in [3.05, 3.63) is 64.2 Å². The van der Waals surface area contributed by atoms with Crippen LogP contribution in [0.5, 0.6) is 5.75 Å². The van der Waals surface area contributed by atoms with Gasteiger partial charge in [0, 0.05) is 31.4 Å². The number of ether oxygens (including phenoxy) is 1. The van der Waals surface area contributed by atoms with E-state index in [1.165, 1.54) is 20.7 Å². The maximum atomic E-state index is 15.7. The van der Waals surface area contributed by atoms with E-state index < -0.39 is 17.5 Å². The second-order valence-electron chi connectivity index (χ2n) is 10.1. The molecule has 0 spiro atoms. The fourth-order valence-electron chi connectivity index (χ4n) is 5.75. The van der Waals surface area contributed by atoms with E-state index in [1.54, 1.807) is 6.20 Å². The molecule has 3 aromatic rings. The van der Waals surface area contributed by atoms with Crippen molar-refractivity contribution in [3.63, 3.8) is 0 Å². The van der Waals surface area contributed by atoms with Gasteiger partial charge in [0.2, 0.25) is 0 Å².